The van der Waals surface area contributed by atoms with Gasteiger partial charge in [-0.05, 0) is 77.9 Å². The second kappa shape index (κ2) is 12.4. The smallest absolute Gasteiger partial charge is 0.336 e. The minimum atomic E-state index is -0.585. The molecule has 41 heavy (non-hydrogen) atoms. The first-order valence-corrected chi connectivity index (χ1v) is 13.3. The molecule has 0 atom stereocenters. The molecule has 7 nitrogen and oxygen atoms in total. The number of carbonyl (C=O) groups is 1. The van der Waals surface area contributed by atoms with Crippen molar-refractivity contribution in [1.29, 1.82) is 0 Å². The third-order valence-electron chi connectivity index (χ3n) is 5.93. The third kappa shape index (κ3) is 6.49. The van der Waals surface area contributed by atoms with E-state index < -0.39 is 5.97 Å². The summed E-state index contributed by atoms with van der Waals surface area (Å²) < 4.78 is 12.1. The Morgan fingerprint density at radius 1 is 0.878 bits per heavy atom. The molecule has 4 aromatic carbocycles. The molecule has 10 heteroatoms. The molecule has 0 spiro atoms. The summed E-state index contributed by atoms with van der Waals surface area (Å²) in [5.74, 6) is 0.176. The van der Waals surface area contributed by atoms with Crippen LogP contribution in [0.4, 0.5) is 0 Å². The quantitative estimate of drug-likeness (QED) is 0.0830. The molecule has 0 fully saturated rings. The Kier molecular flexibility index (Phi) is 8.50. The number of methoxy groups -OCH3 is 1. The standard InChI is InChI=1S/C31H20Cl3N3O4/c1-40-28-16-20(8-14-27(28)41-29(38)15-9-19-6-10-21(32)11-7-19)18-35-37-30(23-13-12-22(33)17-25(23)34)36-26-5-3-2-4-24(26)31(37)39/h2-18H,1H3/b15-9+,35-18?. The van der Waals surface area contributed by atoms with E-state index in [1.807, 2.05) is 0 Å². The van der Waals surface area contributed by atoms with Crippen molar-refractivity contribution in [2.75, 3.05) is 7.11 Å². The maximum absolute atomic E-state index is 13.4. The fraction of sp³-hybridized carbons (Fsp3) is 0.0323. The monoisotopic (exact) mass is 603 g/mol. The van der Waals surface area contributed by atoms with Crippen molar-refractivity contribution >= 4 is 64.0 Å². The second-order valence-corrected chi connectivity index (χ2v) is 9.93. The van der Waals surface area contributed by atoms with Gasteiger partial charge in [0, 0.05) is 21.7 Å². The van der Waals surface area contributed by atoms with Crippen LogP contribution >= 0.6 is 34.8 Å². The number of ether oxygens (including phenoxy) is 2. The number of para-hydroxylation sites is 1. The van der Waals surface area contributed by atoms with Crippen molar-refractivity contribution in [1.82, 2.24) is 9.66 Å². The molecule has 0 bridgehead atoms. The molecule has 0 aliphatic heterocycles. The van der Waals surface area contributed by atoms with Gasteiger partial charge in [-0.25, -0.2) is 9.78 Å². The number of carbonyl (C=O) groups excluding carboxylic acids is 1. The van der Waals surface area contributed by atoms with Crippen molar-refractivity contribution < 1.29 is 14.3 Å². The van der Waals surface area contributed by atoms with Gasteiger partial charge in [0.2, 0.25) is 0 Å². The van der Waals surface area contributed by atoms with Crippen molar-refractivity contribution in [3.63, 3.8) is 0 Å². The van der Waals surface area contributed by atoms with Crippen LogP contribution in [0.15, 0.2) is 101 Å². The lowest BCUT2D eigenvalue weighted by Gasteiger charge is -2.11. The molecule has 5 aromatic rings. The largest absolute Gasteiger partial charge is 0.493 e. The van der Waals surface area contributed by atoms with Crippen LogP contribution < -0.4 is 15.0 Å². The highest BCUT2D eigenvalue weighted by molar-refractivity contribution is 6.36. The predicted octanol–water partition coefficient (Wildman–Crippen LogP) is 7.53. The first-order chi connectivity index (χ1) is 19.8. The molecule has 0 radical (unpaired) electrons. The minimum absolute atomic E-state index is 0.216. The van der Waals surface area contributed by atoms with Crippen molar-refractivity contribution in [3.8, 4) is 22.9 Å². The van der Waals surface area contributed by atoms with Crippen molar-refractivity contribution in [2.24, 2.45) is 5.10 Å². The molecule has 204 valence electrons. The molecule has 1 heterocycles. The average molecular weight is 605 g/mol. The van der Waals surface area contributed by atoms with E-state index in [4.69, 9.17) is 44.3 Å². The van der Waals surface area contributed by atoms with Crippen LogP contribution in [-0.4, -0.2) is 29.0 Å². The molecular formula is C31H20Cl3N3O4. The fourth-order valence-corrected chi connectivity index (χ4v) is 4.55. The molecule has 0 unspecified atom stereocenters. The Hall–Kier alpha value is -4.43. The maximum atomic E-state index is 13.4. The van der Waals surface area contributed by atoms with E-state index in [0.29, 0.717) is 42.8 Å². The zero-order valence-corrected chi connectivity index (χ0v) is 23.7. The van der Waals surface area contributed by atoms with E-state index in [2.05, 4.69) is 10.1 Å². The van der Waals surface area contributed by atoms with Crippen molar-refractivity contribution in [3.05, 3.63) is 128 Å². The summed E-state index contributed by atoms with van der Waals surface area (Å²) in [6.07, 6.45) is 4.40. The van der Waals surface area contributed by atoms with Crippen LogP contribution in [0.1, 0.15) is 11.1 Å². The molecule has 0 N–H and O–H groups in total. The Bertz CT molecular complexity index is 1880. The number of fused-ring (bicyclic) bond motifs is 1. The Morgan fingerprint density at radius 2 is 1.61 bits per heavy atom. The summed E-state index contributed by atoms with van der Waals surface area (Å²) in [4.78, 5) is 30.5. The number of hydrogen-bond acceptors (Lipinski definition) is 6. The van der Waals surface area contributed by atoms with Crippen LogP contribution in [0.25, 0.3) is 28.4 Å². The predicted molar refractivity (Wildman–Crippen MR) is 164 cm³/mol. The third-order valence-corrected chi connectivity index (χ3v) is 6.73. The number of nitrogens with zero attached hydrogens (tertiary/aromatic N) is 3. The summed E-state index contributed by atoms with van der Waals surface area (Å²) in [7, 11) is 1.45. The number of aromatic nitrogens is 2. The van der Waals surface area contributed by atoms with E-state index in [9.17, 15) is 9.59 Å². The van der Waals surface area contributed by atoms with Gasteiger partial charge in [-0.3, -0.25) is 4.79 Å². The lowest BCUT2D eigenvalue weighted by Crippen LogP contribution is -2.20. The highest BCUT2D eigenvalue weighted by Gasteiger charge is 2.16. The zero-order chi connectivity index (χ0) is 28.9. The molecule has 5 rings (SSSR count). The number of hydrogen-bond donors (Lipinski definition) is 0. The molecule has 0 aliphatic rings. The lowest BCUT2D eigenvalue weighted by atomic mass is 10.2. The van der Waals surface area contributed by atoms with Gasteiger partial charge in [-0.1, -0.05) is 59.1 Å². The SMILES string of the molecule is COc1cc(C=Nn2c(-c3ccc(Cl)cc3Cl)nc3ccccc3c2=O)ccc1OC(=O)/C=C/c1ccc(Cl)cc1. The average Bonchev–Trinajstić information content (AvgIpc) is 2.97. The molecular weight excluding hydrogens is 585 g/mol. The Balaban J connectivity index is 1.45. The highest BCUT2D eigenvalue weighted by Crippen LogP contribution is 2.30. The normalized spacial score (nSPS) is 11.4. The second-order valence-electron chi connectivity index (χ2n) is 8.65. The van der Waals surface area contributed by atoms with Gasteiger partial charge in [0.15, 0.2) is 17.3 Å². The summed E-state index contributed by atoms with van der Waals surface area (Å²) in [6.45, 7) is 0. The molecule has 1 aromatic heterocycles. The topological polar surface area (TPSA) is 82.8 Å². The fourth-order valence-electron chi connectivity index (χ4n) is 3.93. The van der Waals surface area contributed by atoms with Gasteiger partial charge in [0.1, 0.15) is 0 Å². The van der Waals surface area contributed by atoms with E-state index in [-0.39, 0.29) is 17.1 Å². The summed E-state index contributed by atoms with van der Waals surface area (Å²) in [5.41, 5.74) is 1.98. The highest BCUT2D eigenvalue weighted by atomic mass is 35.5. The maximum Gasteiger partial charge on any atom is 0.336 e. The van der Waals surface area contributed by atoms with Gasteiger partial charge < -0.3 is 9.47 Å². The van der Waals surface area contributed by atoms with Crippen LogP contribution in [0, 0.1) is 0 Å². The molecule has 0 saturated carbocycles. The Labute approximate surface area is 249 Å². The number of halogens is 3. The van der Waals surface area contributed by atoms with Crippen LogP contribution in [-0.2, 0) is 4.79 Å². The lowest BCUT2D eigenvalue weighted by molar-refractivity contribution is -0.129. The van der Waals surface area contributed by atoms with Crippen LogP contribution in [0.3, 0.4) is 0 Å². The van der Waals surface area contributed by atoms with Crippen molar-refractivity contribution in [2.45, 2.75) is 0 Å². The Morgan fingerprint density at radius 3 is 2.37 bits per heavy atom. The van der Waals surface area contributed by atoms with E-state index in [0.717, 1.165) is 5.56 Å². The summed E-state index contributed by atoms with van der Waals surface area (Å²) in [5, 5.41) is 6.21. The van der Waals surface area contributed by atoms with Gasteiger partial charge >= 0.3 is 5.97 Å². The van der Waals surface area contributed by atoms with Crippen LogP contribution in [0.2, 0.25) is 15.1 Å². The molecule has 0 aliphatic carbocycles. The van der Waals surface area contributed by atoms with Crippen LogP contribution in [0.5, 0.6) is 11.5 Å². The number of benzene rings is 4. The summed E-state index contributed by atoms with van der Waals surface area (Å²) >= 11 is 18.4. The first-order valence-electron chi connectivity index (χ1n) is 12.2. The van der Waals surface area contributed by atoms with Gasteiger partial charge in [0.25, 0.3) is 5.56 Å². The first kappa shape index (κ1) is 28.1. The molecule has 0 saturated heterocycles. The minimum Gasteiger partial charge on any atom is -0.493 e. The number of rotatable bonds is 7. The van der Waals surface area contributed by atoms with Gasteiger partial charge in [0.05, 0.1) is 29.2 Å². The van der Waals surface area contributed by atoms with E-state index in [1.54, 1.807) is 91.0 Å². The summed E-state index contributed by atoms with van der Waals surface area (Å²) in [6, 6.07) is 23.8. The van der Waals surface area contributed by atoms with E-state index >= 15 is 0 Å². The number of esters is 1. The van der Waals surface area contributed by atoms with Gasteiger partial charge in [-0.2, -0.15) is 9.78 Å². The van der Waals surface area contributed by atoms with E-state index in [1.165, 1.54) is 24.1 Å². The van der Waals surface area contributed by atoms with Gasteiger partial charge in [-0.15, -0.1) is 0 Å². The zero-order valence-electron chi connectivity index (χ0n) is 21.4. The molecule has 0 amide bonds.